The Kier molecular flexibility index (Phi) is 1.18. The Morgan fingerprint density at radius 2 is 2.17 bits per heavy atom. The first-order valence-corrected chi connectivity index (χ1v) is 4.95. The summed E-state index contributed by atoms with van der Waals surface area (Å²) in [4.78, 5) is 11.1. The number of carbonyl (C=O) groups excluding carboxylic acids is 1. The van der Waals surface area contributed by atoms with Crippen LogP contribution in [0.5, 0.6) is 0 Å². The first-order chi connectivity index (χ1) is 5.75. The van der Waals surface area contributed by atoms with Gasteiger partial charge in [-0.15, -0.1) is 0 Å². The molecule has 12 heavy (non-hydrogen) atoms. The van der Waals surface area contributed by atoms with Crippen molar-refractivity contribution in [3.05, 3.63) is 0 Å². The molecule has 2 bridgehead atoms. The van der Waals surface area contributed by atoms with Crippen LogP contribution in [0.3, 0.4) is 0 Å². The fraction of sp³-hybridized carbons (Fsp3) is 0.900. The lowest BCUT2D eigenvalue weighted by Gasteiger charge is -2.26. The van der Waals surface area contributed by atoms with Gasteiger partial charge in [0.2, 0.25) is 0 Å². The summed E-state index contributed by atoms with van der Waals surface area (Å²) in [5.74, 6) is 2.95. The van der Waals surface area contributed by atoms with E-state index in [9.17, 15) is 4.79 Å². The van der Waals surface area contributed by atoms with Gasteiger partial charge in [0.1, 0.15) is 6.10 Å². The average molecular weight is 166 g/mol. The predicted octanol–water partition coefficient (Wildman–Crippen LogP) is 1.59. The number of rotatable bonds is 0. The maximum Gasteiger partial charge on any atom is 0.306 e. The van der Waals surface area contributed by atoms with E-state index in [0.29, 0.717) is 24.4 Å². The van der Waals surface area contributed by atoms with Crippen molar-refractivity contribution in [1.29, 1.82) is 0 Å². The van der Waals surface area contributed by atoms with Crippen LogP contribution in [0.25, 0.3) is 0 Å². The lowest BCUT2D eigenvalue weighted by Crippen LogP contribution is -2.28. The Morgan fingerprint density at radius 1 is 1.33 bits per heavy atom. The van der Waals surface area contributed by atoms with E-state index in [2.05, 4.69) is 6.92 Å². The van der Waals surface area contributed by atoms with Gasteiger partial charge in [-0.3, -0.25) is 4.79 Å². The van der Waals surface area contributed by atoms with Gasteiger partial charge >= 0.3 is 5.97 Å². The van der Waals surface area contributed by atoms with Gasteiger partial charge in [-0.05, 0) is 30.6 Å². The molecule has 0 aromatic rings. The van der Waals surface area contributed by atoms with Gasteiger partial charge in [0, 0.05) is 5.92 Å². The summed E-state index contributed by atoms with van der Waals surface area (Å²) in [6, 6.07) is 0. The highest BCUT2D eigenvalue weighted by Gasteiger charge is 2.56. The van der Waals surface area contributed by atoms with Crippen molar-refractivity contribution in [3.63, 3.8) is 0 Å². The summed E-state index contributed by atoms with van der Waals surface area (Å²) in [5.41, 5.74) is 0. The van der Waals surface area contributed by atoms with Crippen LogP contribution in [0.2, 0.25) is 0 Å². The molecule has 3 fully saturated rings. The fourth-order valence-corrected chi connectivity index (χ4v) is 3.57. The monoisotopic (exact) mass is 166 g/mol. The first-order valence-electron chi connectivity index (χ1n) is 4.95. The zero-order valence-electron chi connectivity index (χ0n) is 7.32. The zero-order chi connectivity index (χ0) is 8.29. The molecule has 5 unspecified atom stereocenters. The SMILES string of the molecule is CC1CC2CC1C1OC(=O)CC21. The zero-order valence-corrected chi connectivity index (χ0v) is 7.32. The predicted molar refractivity (Wildman–Crippen MR) is 43.4 cm³/mol. The molecule has 0 aromatic carbocycles. The number of hydrogen-bond donors (Lipinski definition) is 0. The molecule has 1 heterocycles. The van der Waals surface area contributed by atoms with Gasteiger partial charge in [-0.2, -0.15) is 0 Å². The first kappa shape index (κ1) is 6.93. The lowest BCUT2D eigenvalue weighted by molar-refractivity contribution is -0.143. The van der Waals surface area contributed by atoms with Crippen LogP contribution in [-0.4, -0.2) is 12.1 Å². The highest BCUT2D eigenvalue weighted by atomic mass is 16.6. The van der Waals surface area contributed by atoms with Crippen molar-refractivity contribution in [2.75, 3.05) is 0 Å². The van der Waals surface area contributed by atoms with Crippen molar-refractivity contribution < 1.29 is 9.53 Å². The third-order valence-electron chi connectivity index (χ3n) is 4.10. The Balaban J connectivity index is 1.90. The molecule has 0 N–H and O–H groups in total. The molecule has 3 aliphatic rings. The van der Waals surface area contributed by atoms with Crippen molar-refractivity contribution in [2.45, 2.75) is 32.3 Å². The maximum atomic E-state index is 11.1. The molecular weight excluding hydrogens is 152 g/mol. The van der Waals surface area contributed by atoms with Crippen LogP contribution >= 0.6 is 0 Å². The highest BCUT2D eigenvalue weighted by Crippen LogP contribution is 2.56. The molecule has 2 nitrogen and oxygen atoms in total. The summed E-state index contributed by atoms with van der Waals surface area (Å²) in [7, 11) is 0. The van der Waals surface area contributed by atoms with Crippen LogP contribution in [-0.2, 0) is 9.53 Å². The molecule has 0 amide bonds. The van der Waals surface area contributed by atoms with Gasteiger partial charge < -0.3 is 4.74 Å². The third-order valence-corrected chi connectivity index (χ3v) is 4.10. The number of carbonyl (C=O) groups is 1. The van der Waals surface area contributed by atoms with E-state index in [1.54, 1.807) is 0 Å². The standard InChI is InChI=1S/C10H14O2/c1-5-2-6-3-7(5)10-8(6)4-9(11)12-10/h5-8,10H,2-4H2,1H3. The second-order valence-electron chi connectivity index (χ2n) is 4.70. The molecule has 0 spiro atoms. The topological polar surface area (TPSA) is 26.3 Å². The Bertz CT molecular complexity index is 236. The molecule has 0 radical (unpaired) electrons. The quantitative estimate of drug-likeness (QED) is 0.511. The number of esters is 1. The normalized spacial score (nSPS) is 55.8. The van der Waals surface area contributed by atoms with Crippen molar-refractivity contribution in [2.24, 2.45) is 23.7 Å². The minimum atomic E-state index is 0.0498. The summed E-state index contributed by atoms with van der Waals surface area (Å²) >= 11 is 0. The van der Waals surface area contributed by atoms with Gasteiger partial charge in [-0.25, -0.2) is 0 Å². The van der Waals surface area contributed by atoms with Crippen LogP contribution < -0.4 is 0 Å². The fourth-order valence-electron chi connectivity index (χ4n) is 3.57. The molecule has 66 valence electrons. The lowest BCUT2D eigenvalue weighted by atomic mass is 9.81. The van der Waals surface area contributed by atoms with Gasteiger partial charge in [-0.1, -0.05) is 6.92 Å². The summed E-state index contributed by atoms with van der Waals surface area (Å²) < 4.78 is 5.35. The maximum absolute atomic E-state index is 11.1. The number of fused-ring (bicyclic) bond motifs is 5. The summed E-state index contributed by atoms with van der Waals surface area (Å²) in [5, 5.41) is 0. The molecule has 1 saturated heterocycles. The van der Waals surface area contributed by atoms with E-state index in [4.69, 9.17) is 4.74 Å². The van der Waals surface area contributed by atoms with Crippen LogP contribution in [0.1, 0.15) is 26.2 Å². The molecule has 3 rings (SSSR count). The van der Waals surface area contributed by atoms with Crippen molar-refractivity contribution in [3.8, 4) is 0 Å². The van der Waals surface area contributed by atoms with Gasteiger partial charge in [0.25, 0.3) is 0 Å². The Labute approximate surface area is 72.3 Å². The molecule has 2 heteroatoms. The van der Waals surface area contributed by atoms with Crippen molar-refractivity contribution >= 4 is 5.97 Å². The second-order valence-corrected chi connectivity index (χ2v) is 4.70. The van der Waals surface area contributed by atoms with Gasteiger partial charge in [0.05, 0.1) is 6.42 Å². The summed E-state index contributed by atoms with van der Waals surface area (Å²) in [6.07, 6.45) is 3.68. The molecular formula is C10H14O2. The van der Waals surface area contributed by atoms with E-state index in [1.807, 2.05) is 0 Å². The smallest absolute Gasteiger partial charge is 0.306 e. The molecule has 1 aliphatic heterocycles. The molecule has 0 aromatic heterocycles. The third kappa shape index (κ3) is 0.686. The minimum absolute atomic E-state index is 0.0498. The van der Waals surface area contributed by atoms with E-state index in [-0.39, 0.29) is 5.97 Å². The van der Waals surface area contributed by atoms with E-state index >= 15 is 0 Å². The molecule has 5 atom stereocenters. The largest absolute Gasteiger partial charge is 0.462 e. The van der Waals surface area contributed by atoms with Crippen molar-refractivity contribution in [1.82, 2.24) is 0 Å². The van der Waals surface area contributed by atoms with Crippen LogP contribution in [0.15, 0.2) is 0 Å². The number of hydrogen-bond acceptors (Lipinski definition) is 2. The Hall–Kier alpha value is -0.530. The van der Waals surface area contributed by atoms with E-state index < -0.39 is 0 Å². The van der Waals surface area contributed by atoms with Gasteiger partial charge in [0.15, 0.2) is 0 Å². The summed E-state index contributed by atoms with van der Waals surface area (Å²) in [6.45, 7) is 2.30. The van der Waals surface area contributed by atoms with E-state index in [0.717, 1.165) is 11.8 Å². The molecule has 2 saturated carbocycles. The van der Waals surface area contributed by atoms with Crippen LogP contribution in [0, 0.1) is 23.7 Å². The Morgan fingerprint density at radius 3 is 3.00 bits per heavy atom. The molecule has 2 aliphatic carbocycles. The van der Waals surface area contributed by atoms with Crippen LogP contribution in [0.4, 0.5) is 0 Å². The minimum Gasteiger partial charge on any atom is -0.462 e. The highest BCUT2D eigenvalue weighted by molar-refractivity contribution is 5.72. The van der Waals surface area contributed by atoms with E-state index in [1.165, 1.54) is 12.8 Å². The average Bonchev–Trinajstić information content (AvgIpc) is 2.57. The second kappa shape index (κ2) is 2.04. The number of ether oxygens (including phenoxy) is 1.